The van der Waals surface area contributed by atoms with Gasteiger partial charge < -0.3 is 10.2 Å². The number of hydrogen-bond donors (Lipinski definition) is 1. The first-order chi connectivity index (χ1) is 8.64. The summed E-state index contributed by atoms with van der Waals surface area (Å²) in [6.07, 6.45) is 6.70. The monoisotopic (exact) mass is 254 g/mol. The Kier molecular flexibility index (Phi) is 7.25. The van der Waals surface area contributed by atoms with E-state index in [-0.39, 0.29) is 0 Å². The molecule has 0 aromatic rings. The highest BCUT2D eigenvalue weighted by Gasteiger charge is 2.38. The van der Waals surface area contributed by atoms with Crippen LogP contribution >= 0.6 is 0 Å². The second-order valence-corrected chi connectivity index (χ2v) is 6.43. The first-order valence-corrected chi connectivity index (χ1v) is 8.07. The van der Waals surface area contributed by atoms with Crippen LogP contribution < -0.4 is 5.32 Å². The van der Waals surface area contributed by atoms with E-state index in [1.54, 1.807) is 0 Å². The van der Waals surface area contributed by atoms with E-state index in [0.29, 0.717) is 5.41 Å². The molecule has 2 nitrogen and oxygen atoms in total. The molecule has 1 fully saturated rings. The minimum atomic E-state index is 0.529. The lowest BCUT2D eigenvalue weighted by Crippen LogP contribution is -2.43. The van der Waals surface area contributed by atoms with Gasteiger partial charge in [-0.05, 0) is 50.2 Å². The Balaban J connectivity index is 2.55. The molecule has 1 unspecified atom stereocenters. The van der Waals surface area contributed by atoms with Gasteiger partial charge in [0.2, 0.25) is 0 Å². The molecular weight excluding hydrogens is 220 g/mol. The standard InChI is InChI=1S/C16H34N2/c1-5-7-11-18(12-8-6-2)14-16(15(3)4)9-10-17-13-16/h15,17H,5-14H2,1-4H3. The molecule has 1 aliphatic rings. The van der Waals surface area contributed by atoms with E-state index in [0.717, 1.165) is 5.92 Å². The zero-order valence-corrected chi connectivity index (χ0v) is 13.1. The van der Waals surface area contributed by atoms with Crippen LogP contribution in [0.4, 0.5) is 0 Å². The molecular formula is C16H34N2. The summed E-state index contributed by atoms with van der Waals surface area (Å²) in [5.41, 5.74) is 0.529. The quantitative estimate of drug-likeness (QED) is 0.677. The van der Waals surface area contributed by atoms with Crippen LogP contribution in [0.1, 0.15) is 59.8 Å². The molecule has 0 amide bonds. The lowest BCUT2D eigenvalue weighted by molar-refractivity contribution is 0.115. The SMILES string of the molecule is CCCCN(CCCC)CC1(C(C)C)CCNC1. The smallest absolute Gasteiger partial charge is 0.00531 e. The zero-order valence-electron chi connectivity index (χ0n) is 13.1. The molecule has 0 spiro atoms. The third-order valence-corrected chi connectivity index (χ3v) is 4.70. The number of nitrogens with zero attached hydrogens (tertiary/aromatic N) is 1. The first-order valence-electron chi connectivity index (χ1n) is 8.07. The van der Waals surface area contributed by atoms with Gasteiger partial charge in [-0.3, -0.25) is 0 Å². The zero-order chi connectivity index (χ0) is 13.4. The van der Waals surface area contributed by atoms with Crippen LogP contribution in [0.25, 0.3) is 0 Å². The van der Waals surface area contributed by atoms with Crippen LogP contribution in [0.2, 0.25) is 0 Å². The summed E-state index contributed by atoms with van der Waals surface area (Å²) in [6, 6.07) is 0. The van der Waals surface area contributed by atoms with Crippen molar-refractivity contribution in [3.63, 3.8) is 0 Å². The predicted octanol–water partition coefficient (Wildman–Crippen LogP) is 3.52. The van der Waals surface area contributed by atoms with Gasteiger partial charge in [-0.15, -0.1) is 0 Å². The van der Waals surface area contributed by atoms with Gasteiger partial charge in [-0.2, -0.15) is 0 Å². The van der Waals surface area contributed by atoms with Crippen LogP contribution in [0.3, 0.4) is 0 Å². The van der Waals surface area contributed by atoms with Gasteiger partial charge in [-0.1, -0.05) is 40.5 Å². The Morgan fingerprint density at radius 3 is 2.11 bits per heavy atom. The highest BCUT2D eigenvalue weighted by atomic mass is 15.1. The molecule has 0 saturated carbocycles. The van der Waals surface area contributed by atoms with Crippen molar-refractivity contribution in [3.8, 4) is 0 Å². The Hall–Kier alpha value is -0.0800. The largest absolute Gasteiger partial charge is 0.316 e. The summed E-state index contributed by atoms with van der Waals surface area (Å²) in [5.74, 6) is 0.790. The van der Waals surface area contributed by atoms with Crippen molar-refractivity contribution < 1.29 is 0 Å². The Labute approximate surface area is 115 Å². The second-order valence-electron chi connectivity index (χ2n) is 6.43. The van der Waals surface area contributed by atoms with Crippen molar-refractivity contribution in [2.24, 2.45) is 11.3 Å². The molecule has 108 valence electrons. The summed E-state index contributed by atoms with van der Waals surface area (Å²) < 4.78 is 0. The average Bonchev–Trinajstić information content (AvgIpc) is 2.82. The summed E-state index contributed by atoms with van der Waals surface area (Å²) >= 11 is 0. The minimum absolute atomic E-state index is 0.529. The molecule has 1 N–H and O–H groups in total. The maximum absolute atomic E-state index is 3.59. The number of rotatable bonds is 9. The molecule has 1 heterocycles. The Morgan fingerprint density at radius 1 is 1.11 bits per heavy atom. The summed E-state index contributed by atoms with van der Waals surface area (Å²) in [5, 5.41) is 3.59. The molecule has 0 aromatic carbocycles. The van der Waals surface area contributed by atoms with Crippen molar-refractivity contribution in [1.82, 2.24) is 10.2 Å². The van der Waals surface area contributed by atoms with Crippen LogP contribution in [-0.2, 0) is 0 Å². The third kappa shape index (κ3) is 4.55. The topological polar surface area (TPSA) is 15.3 Å². The van der Waals surface area contributed by atoms with Crippen molar-refractivity contribution >= 4 is 0 Å². The van der Waals surface area contributed by atoms with E-state index >= 15 is 0 Å². The van der Waals surface area contributed by atoms with Crippen LogP contribution in [0.5, 0.6) is 0 Å². The summed E-state index contributed by atoms with van der Waals surface area (Å²) in [4.78, 5) is 2.74. The lowest BCUT2D eigenvalue weighted by atomic mass is 9.76. The Bertz CT molecular complexity index is 199. The molecule has 0 aliphatic carbocycles. The number of unbranched alkanes of at least 4 members (excludes halogenated alkanes) is 2. The highest BCUT2D eigenvalue weighted by Crippen LogP contribution is 2.35. The van der Waals surface area contributed by atoms with Gasteiger partial charge in [0.1, 0.15) is 0 Å². The van der Waals surface area contributed by atoms with E-state index in [1.165, 1.54) is 64.8 Å². The van der Waals surface area contributed by atoms with Crippen molar-refractivity contribution in [2.75, 3.05) is 32.7 Å². The Morgan fingerprint density at radius 2 is 1.72 bits per heavy atom. The van der Waals surface area contributed by atoms with E-state index in [2.05, 4.69) is 37.9 Å². The van der Waals surface area contributed by atoms with Crippen LogP contribution in [0.15, 0.2) is 0 Å². The van der Waals surface area contributed by atoms with E-state index in [4.69, 9.17) is 0 Å². The number of nitrogens with one attached hydrogen (secondary N) is 1. The van der Waals surface area contributed by atoms with Crippen molar-refractivity contribution in [3.05, 3.63) is 0 Å². The molecule has 2 heteroatoms. The van der Waals surface area contributed by atoms with Crippen LogP contribution in [0, 0.1) is 11.3 Å². The van der Waals surface area contributed by atoms with Crippen molar-refractivity contribution in [1.29, 1.82) is 0 Å². The lowest BCUT2D eigenvalue weighted by Gasteiger charge is -2.38. The second kappa shape index (κ2) is 8.16. The van der Waals surface area contributed by atoms with Gasteiger partial charge in [0, 0.05) is 13.1 Å². The third-order valence-electron chi connectivity index (χ3n) is 4.70. The van der Waals surface area contributed by atoms with Gasteiger partial charge in [0.25, 0.3) is 0 Å². The summed E-state index contributed by atoms with van der Waals surface area (Å²) in [7, 11) is 0. The molecule has 1 aliphatic heterocycles. The average molecular weight is 254 g/mol. The van der Waals surface area contributed by atoms with Crippen molar-refractivity contribution in [2.45, 2.75) is 59.8 Å². The highest BCUT2D eigenvalue weighted by molar-refractivity contribution is 4.92. The molecule has 1 rings (SSSR count). The molecule has 0 aromatic heterocycles. The molecule has 0 radical (unpaired) electrons. The predicted molar refractivity (Wildman–Crippen MR) is 81.0 cm³/mol. The first kappa shape index (κ1) is 16.0. The fraction of sp³-hybridized carbons (Fsp3) is 1.00. The molecule has 1 saturated heterocycles. The normalized spacial score (nSPS) is 24.3. The maximum Gasteiger partial charge on any atom is 0.00531 e. The van der Waals surface area contributed by atoms with E-state index in [9.17, 15) is 0 Å². The minimum Gasteiger partial charge on any atom is -0.316 e. The molecule has 1 atom stereocenters. The van der Waals surface area contributed by atoms with Gasteiger partial charge in [-0.25, -0.2) is 0 Å². The van der Waals surface area contributed by atoms with Gasteiger partial charge >= 0.3 is 0 Å². The molecule has 0 bridgehead atoms. The molecule has 18 heavy (non-hydrogen) atoms. The van der Waals surface area contributed by atoms with Gasteiger partial charge in [0.05, 0.1) is 0 Å². The summed E-state index contributed by atoms with van der Waals surface area (Å²) in [6.45, 7) is 15.7. The van der Waals surface area contributed by atoms with Crippen LogP contribution in [-0.4, -0.2) is 37.6 Å². The maximum atomic E-state index is 3.59. The fourth-order valence-electron chi connectivity index (χ4n) is 3.05. The van der Waals surface area contributed by atoms with E-state index < -0.39 is 0 Å². The number of hydrogen-bond acceptors (Lipinski definition) is 2. The van der Waals surface area contributed by atoms with Gasteiger partial charge in [0.15, 0.2) is 0 Å². The fourth-order valence-corrected chi connectivity index (χ4v) is 3.05. The van der Waals surface area contributed by atoms with E-state index in [1.807, 2.05) is 0 Å².